The number of primary amides is 1. The summed E-state index contributed by atoms with van der Waals surface area (Å²) in [4.78, 5) is 72.5. The molecule has 47 heavy (non-hydrogen) atoms. The number of benzene rings is 2. The van der Waals surface area contributed by atoms with Crippen molar-refractivity contribution in [3.05, 3.63) is 71.8 Å². The minimum absolute atomic E-state index is 0.104. The van der Waals surface area contributed by atoms with Crippen LogP contribution in [0.15, 0.2) is 65.7 Å². The van der Waals surface area contributed by atoms with Crippen molar-refractivity contribution in [3.8, 4) is 0 Å². The molecule has 13 heteroatoms. The minimum Gasteiger partial charge on any atom is -0.370 e. The van der Waals surface area contributed by atoms with Gasteiger partial charge in [-0.2, -0.15) is 0 Å². The number of aliphatic imine (C=N–C) groups is 1. The number of nitrogens with zero attached hydrogens (tertiary/aromatic N) is 2. The summed E-state index contributed by atoms with van der Waals surface area (Å²) in [5.74, 6) is -4.18. The maximum Gasteiger partial charge on any atom is 0.252 e. The number of amides is 5. The number of carbonyl (C=O) groups excluding carboxylic acids is 5. The van der Waals surface area contributed by atoms with Gasteiger partial charge in [0.05, 0.1) is 6.04 Å². The predicted octanol–water partition coefficient (Wildman–Crippen LogP) is 1.25. The summed E-state index contributed by atoms with van der Waals surface area (Å²) in [5.41, 5.74) is 24.2. The van der Waals surface area contributed by atoms with Gasteiger partial charge in [0.25, 0.3) is 5.91 Å². The summed E-state index contributed by atoms with van der Waals surface area (Å²) >= 11 is 0. The molecule has 5 amide bonds. The smallest absolute Gasteiger partial charge is 0.252 e. The van der Waals surface area contributed by atoms with Crippen LogP contribution in [0, 0.1) is 11.8 Å². The molecule has 0 radical (unpaired) electrons. The quantitative estimate of drug-likeness (QED) is 0.0779. The third-order valence-electron chi connectivity index (χ3n) is 7.52. The van der Waals surface area contributed by atoms with Crippen LogP contribution in [-0.4, -0.2) is 65.1 Å². The lowest BCUT2D eigenvalue weighted by atomic mass is 9.96. The summed E-state index contributed by atoms with van der Waals surface area (Å²) in [6.07, 6.45) is 1.22. The molecule has 4 atom stereocenters. The average Bonchev–Trinajstić information content (AvgIpc) is 3.02. The van der Waals surface area contributed by atoms with Crippen LogP contribution in [0.2, 0.25) is 0 Å². The maximum absolute atomic E-state index is 14.3. The Bertz CT molecular complexity index is 1360. The molecule has 13 nitrogen and oxygen atoms in total. The first kappa shape index (κ1) is 38.4. The molecule has 0 unspecified atom stereocenters. The van der Waals surface area contributed by atoms with Gasteiger partial charge in [-0.15, -0.1) is 0 Å². The maximum atomic E-state index is 14.3. The van der Waals surface area contributed by atoms with Gasteiger partial charge in [-0.1, -0.05) is 88.4 Å². The van der Waals surface area contributed by atoms with E-state index in [2.05, 4.69) is 15.6 Å². The molecule has 0 aliphatic rings. The van der Waals surface area contributed by atoms with Gasteiger partial charge in [-0.25, -0.2) is 0 Å². The Morgan fingerprint density at radius 3 is 1.94 bits per heavy atom. The number of hydrogen-bond acceptors (Lipinski definition) is 7. The first-order valence-electron chi connectivity index (χ1n) is 15.9. The van der Waals surface area contributed by atoms with E-state index in [1.165, 1.54) is 0 Å². The van der Waals surface area contributed by atoms with Crippen molar-refractivity contribution in [1.29, 1.82) is 0 Å². The SMILES string of the molecule is CC(C)C[C@H](NC(=O)[C@H](CCCN=C(N)N)NC(=O)CCc1ccccc1)C(=O)N(C(=O)[C@@H](N)C(C)C)[C@H](C(N)=O)c1ccccc1. The van der Waals surface area contributed by atoms with Crippen LogP contribution in [0.25, 0.3) is 0 Å². The van der Waals surface area contributed by atoms with Gasteiger partial charge in [-0.05, 0) is 48.6 Å². The number of carbonyl (C=O) groups is 5. The van der Waals surface area contributed by atoms with Gasteiger partial charge in [0, 0.05) is 13.0 Å². The van der Waals surface area contributed by atoms with Crippen molar-refractivity contribution in [2.24, 2.45) is 39.8 Å². The minimum atomic E-state index is -1.47. The molecule has 2 rings (SSSR count). The molecule has 0 spiro atoms. The van der Waals surface area contributed by atoms with Crippen LogP contribution in [0.5, 0.6) is 0 Å². The zero-order valence-electron chi connectivity index (χ0n) is 27.7. The summed E-state index contributed by atoms with van der Waals surface area (Å²) in [6.45, 7) is 7.34. The van der Waals surface area contributed by atoms with Gasteiger partial charge in [0.2, 0.25) is 23.6 Å². The third kappa shape index (κ3) is 12.5. The van der Waals surface area contributed by atoms with Crippen LogP contribution in [0.4, 0.5) is 0 Å². The van der Waals surface area contributed by atoms with E-state index in [0.29, 0.717) is 18.4 Å². The Hall–Kier alpha value is -4.78. The van der Waals surface area contributed by atoms with Crippen LogP contribution in [0.3, 0.4) is 0 Å². The molecule has 2 aromatic carbocycles. The normalized spacial score (nSPS) is 13.6. The van der Waals surface area contributed by atoms with Crippen LogP contribution >= 0.6 is 0 Å². The average molecular weight is 651 g/mol. The number of nitrogens with two attached hydrogens (primary N) is 4. The zero-order chi connectivity index (χ0) is 35.1. The predicted molar refractivity (Wildman–Crippen MR) is 181 cm³/mol. The van der Waals surface area contributed by atoms with Crippen molar-refractivity contribution < 1.29 is 24.0 Å². The molecule has 10 N–H and O–H groups in total. The Morgan fingerprint density at radius 1 is 0.809 bits per heavy atom. The summed E-state index contributed by atoms with van der Waals surface area (Å²) in [5, 5.41) is 5.53. The van der Waals surface area contributed by atoms with Crippen LogP contribution in [-0.2, 0) is 30.4 Å². The molecule has 0 saturated heterocycles. The summed E-state index contributed by atoms with van der Waals surface area (Å²) in [7, 11) is 0. The van der Waals surface area contributed by atoms with Gasteiger partial charge in [0.15, 0.2) is 5.96 Å². The molecule has 0 saturated carbocycles. The molecule has 2 aromatic rings. The highest BCUT2D eigenvalue weighted by molar-refractivity contribution is 6.05. The second-order valence-electron chi connectivity index (χ2n) is 12.3. The van der Waals surface area contributed by atoms with E-state index in [1.807, 2.05) is 44.2 Å². The standard InChI is InChI=1S/C34H50N8O5/c1-21(2)20-26(32(46)42(33(47)28(35)22(3)4)29(30(36)44)24-14-9-6-10-15-24)41-31(45)25(16-11-19-39-34(37)38)40-27(43)18-17-23-12-7-5-8-13-23/h5-10,12-15,21-22,25-26,28-29H,11,16-20,35H2,1-4H3,(H2,36,44)(H,40,43)(H,41,45)(H4,37,38,39)/t25-,26-,28-,29-/m0/s1. The van der Waals surface area contributed by atoms with Gasteiger partial charge >= 0.3 is 0 Å². The zero-order valence-corrected chi connectivity index (χ0v) is 27.7. The van der Waals surface area contributed by atoms with E-state index in [0.717, 1.165) is 10.5 Å². The molecule has 0 aromatic heterocycles. The fourth-order valence-corrected chi connectivity index (χ4v) is 4.96. The molecule has 0 bridgehead atoms. The van der Waals surface area contributed by atoms with Crippen LogP contribution < -0.4 is 33.6 Å². The molecule has 0 heterocycles. The van der Waals surface area contributed by atoms with Crippen LogP contribution in [0.1, 0.15) is 70.5 Å². The number of aryl methyl sites for hydroxylation is 1. The molecule has 0 aliphatic heterocycles. The lowest BCUT2D eigenvalue weighted by Gasteiger charge is -2.35. The molecule has 256 valence electrons. The fourth-order valence-electron chi connectivity index (χ4n) is 4.96. The van der Waals surface area contributed by atoms with Gasteiger partial charge in [0.1, 0.15) is 18.1 Å². The second-order valence-corrected chi connectivity index (χ2v) is 12.3. The number of hydrogen-bond donors (Lipinski definition) is 6. The Morgan fingerprint density at radius 2 is 1.40 bits per heavy atom. The number of imide groups is 1. The lowest BCUT2D eigenvalue weighted by molar-refractivity contribution is -0.155. The summed E-state index contributed by atoms with van der Waals surface area (Å²) in [6, 6.07) is 12.7. The fraction of sp³-hybridized carbons (Fsp3) is 0.471. The van der Waals surface area contributed by atoms with Gasteiger partial charge < -0.3 is 33.6 Å². The topological polar surface area (TPSA) is 229 Å². The third-order valence-corrected chi connectivity index (χ3v) is 7.52. The van der Waals surface area contributed by atoms with Gasteiger partial charge in [-0.3, -0.25) is 33.9 Å². The van der Waals surface area contributed by atoms with Crippen molar-refractivity contribution in [1.82, 2.24) is 15.5 Å². The van der Waals surface area contributed by atoms with E-state index in [9.17, 15) is 24.0 Å². The van der Waals surface area contributed by atoms with E-state index in [-0.39, 0.29) is 49.5 Å². The molecule has 0 fully saturated rings. The van der Waals surface area contributed by atoms with Crippen molar-refractivity contribution in [2.45, 2.75) is 84.0 Å². The molecular formula is C34H50N8O5. The highest BCUT2D eigenvalue weighted by Crippen LogP contribution is 2.25. The monoisotopic (exact) mass is 650 g/mol. The highest BCUT2D eigenvalue weighted by Gasteiger charge is 2.41. The highest BCUT2D eigenvalue weighted by atomic mass is 16.2. The van der Waals surface area contributed by atoms with E-state index in [4.69, 9.17) is 22.9 Å². The van der Waals surface area contributed by atoms with E-state index >= 15 is 0 Å². The van der Waals surface area contributed by atoms with Crippen molar-refractivity contribution in [3.63, 3.8) is 0 Å². The van der Waals surface area contributed by atoms with E-state index in [1.54, 1.807) is 44.2 Å². The summed E-state index contributed by atoms with van der Waals surface area (Å²) < 4.78 is 0. The Balaban J connectivity index is 2.43. The second kappa shape index (κ2) is 19.0. The Labute approximate surface area is 276 Å². The number of rotatable bonds is 18. The molecule has 0 aliphatic carbocycles. The largest absolute Gasteiger partial charge is 0.370 e. The molecular weight excluding hydrogens is 600 g/mol. The lowest BCUT2D eigenvalue weighted by Crippen LogP contribution is -2.60. The van der Waals surface area contributed by atoms with Crippen molar-refractivity contribution >= 4 is 35.5 Å². The first-order valence-corrected chi connectivity index (χ1v) is 15.9. The number of guanidine groups is 1. The Kier molecular flexibility index (Phi) is 15.5. The van der Waals surface area contributed by atoms with E-state index < -0.39 is 47.8 Å². The number of nitrogens with one attached hydrogen (secondary N) is 2. The first-order chi connectivity index (χ1) is 22.2. The van der Waals surface area contributed by atoms with Crippen molar-refractivity contribution in [2.75, 3.05) is 6.54 Å².